The number of anilines is 1. The van der Waals surface area contributed by atoms with Crippen LogP contribution in [-0.4, -0.2) is 17.6 Å². The predicted molar refractivity (Wildman–Crippen MR) is 84.8 cm³/mol. The van der Waals surface area contributed by atoms with Gasteiger partial charge in [0.25, 0.3) is 0 Å². The number of hydrogen-bond acceptors (Lipinski definition) is 2. The van der Waals surface area contributed by atoms with Crippen molar-refractivity contribution in [2.24, 2.45) is 5.41 Å². The number of rotatable bonds is 4. The summed E-state index contributed by atoms with van der Waals surface area (Å²) in [6.45, 7) is 2.15. The van der Waals surface area contributed by atoms with E-state index in [0.29, 0.717) is 6.42 Å². The topological polar surface area (TPSA) is 49.3 Å². The Bertz CT molecular complexity index is 548. The molecule has 2 N–H and O–H groups in total. The number of aliphatic hydroxyl groups excluding tert-OH is 1. The van der Waals surface area contributed by atoms with Crippen molar-refractivity contribution in [3.63, 3.8) is 0 Å². The van der Waals surface area contributed by atoms with E-state index in [0.717, 1.165) is 43.4 Å². The van der Waals surface area contributed by atoms with Crippen LogP contribution in [-0.2, 0) is 4.79 Å². The van der Waals surface area contributed by atoms with Gasteiger partial charge in [-0.15, -0.1) is 0 Å². The van der Waals surface area contributed by atoms with E-state index in [1.54, 1.807) is 0 Å². The van der Waals surface area contributed by atoms with Crippen LogP contribution < -0.4 is 5.32 Å². The second kappa shape index (κ2) is 7.28. The van der Waals surface area contributed by atoms with E-state index >= 15 is 0 Å². The van der Waals surface area contributed by atoms with Crippen molar-refractivity contribution in [2.75, 3.05) is 11.9 Å². The summed E-state index contributed by atoms with van der Waals surface area (Å²) in [5.74, 6) is 6.05. The lowest BCUT2D eigenvalue weighted by atomic mass is 9.82. The van der Waals surface area contributed by atoms with Gasteiger partial charge in [-0.3, -0.25) is 4.79 Å². The van der Waals surface area contributed by atoms with Gasteiger partial charge in [0.2, 0.25) is 5.91 Å². The minimum atomic E-state index is -0.203. The van der Waals surface area contributed by atoms with Gasteiger partial charge < -0.3 is 10.4 Å². The Morgan fingerprint density at radius 1 is 1.33 bits per heavy atom. The van der Waals surface area contributed by atoms with Gasteiger partial charge in [-0.25, -0.2) is 0 Å². The predicted octanol–water partition coefficient (Wildman–Crippen LogP) is 3.33. The zero-order valence-corrected chi connectivity index (χ0v) is 12.6. The van der Waals surface area contributed by atoms with Crippen molar-refractivity contribution in [1.82, 2.24) is 0 Å². The van der Waals surface area contributed by atoms with E-state index in [1.165, 1.54) is 0 Å². The first-order chi connectivity index (χ1) is 10.2. The van der Waals surface area contributed by atoms with E-state index in [-0.39, 0.29) is 17.9 Å². The number of carbonyl (C=O) groups excluding carboxylic acids is 1. The molecule has 1 fully saturated rings. The normalized spacial score (nSPS) is 16.1. The third-order valence-electron chi connectivity index (χ3n) is 4.35. The smallest absolute Gasteiger partial charge is 0.230 e. The molecular formula is C18H23NO2. The number of amides is 1. The highest BCUT2D eigenvalue weighted by Gasteiger charge is 2.39. The number of hydrogen-bond donors (Lipinski definition) is 2. The summed E-state index contributed by atoms with van der Waals surface area (Å²) in [7, 11) is 0. The first-order valence-electron chi connectivity index (χ1n) is 7.72. The molecular weight excluding hydrogens is 262 g/mol. The van der Waals surface area contributed by atoms with Gasteiger partial charge in [0.05, 0.1) is 12.3 Å². The lowest BCUT2D eigenvalue weighted by molar-refractivity contribution is -0.125. The van der Waals surface area contributed by atoms with Crippen LogP contribution in [0.4, 0.5) is 5.69 Å². The maximum Gasteiger partial charge on any atom is 0.230 e. The van der Waals surface area contributed by atoms with Crippen molar-refractivity contribution in [1.29, 1.82) is 0 Å². The molecule has 0 bridgehead atoms. The molecule has 0 atom stereocenters. The van der Waals surface area contributed by atoms with Gasteiger partial charge in [-0.1, -0.05) is 43.7 Å². The summed E-state index contributed by atoms with van der Waals surface area (Å²) in [5.41, 5.74) is 1.38. The summed E-state index contributed by atoms with van der Waals surface area (Å²) >= 11 is 0. The van der Waals surface area contributed by atoms with Crippen LogP contribution in [0.15, 0.2) is 24.3 Å². The molecule has 0 heterocycles. The molecule has 0 aromatic heterocycles. The third-order valence-corrected chi connectivity index (χ3v) is 4.35. The van der Waals surface area contributed by atoms with Crippen LogP contribution in [0.1, 0.15) is 51.0 Å². The molecule has 112 valence electrons. The number of nitrogens with one attached hydrogen (secondary N) is 1. The molecule has 0 spiro atoms. The van der Waals surface area contributed by atoms with Crippen molar-refractivity contribution in [2.45, 2.75) is 45.4 Å². The molecule has 1 aromatic rings. The second-order valence-electron chi connectivity index (χ2n) is 5.62. The first kappa shape index (κ1) is 15.6. The molecule has 1 aromatic carbocycles. The maximum atomic E-state index is 12.7. The van der Waals surface area contributed by atoms with Crippen LogP contribution in [0.5, 0.6) is 0 Å². The minimum absolute atomic E-state index is 0.0560. The molecule has 21 heavy (non-hydrogen) atoms. The van der Waals surface area contributed by atoms with E-state index in [2.05, 4.69) is 24.1 Å². The average molecular weight is 285 g/mol. The summed E-state index contributed by atoms with van der Waals surface area (Å²) in [6, 6.07) is 7.59. The molecule has 2 rings (SSSR count). The molecule has 0 radical (unpaired) electrons. The molecule has 1 aliphatic rings. The zero-order chi connectivity index (χ0) is 15.1. The van der Waals surface area contributed by atoms with Crippen LogP contribution >= 0.6 is 0 Å². The standard InChI is InChI=1S/C18H23NO2/c1-2-18(12-6-7-13-18)17(21)19-16-11-4-3-9-15(16)10-5-8-14-20/h3-4,9,11,20H,2,6-8,12-14H2,1H3,(H,19,21). The fraction of sp³-hybridized carbons (Fsp3) is 0.500. The Labute approximate surface area is 126 Å². The molecule has 0 saturated heterocycles. The highest BCUT2D eigenvalue weighted by Crippen LogP contribution is 2.41. The van der Waals surface area contributed by atoms with Crippen LogP contribution in [0, 0.1) is 17.3 Å². The molecule has 3 nitrogen and oxygen atoms in total. The van der Waals surface area contributed by atoms with Gasteiger partial charge in [0.15, 0.2) is 0 Å². The second-order valence-corrected chi connectivity index (χ2v) is 5.62. The lowest BCUT2D eigenvalue weighted by Crippen LogP contribution is -2.33. The minimum Gasteiger partial charge on any atom is -0.395 e. The number of para-hydroxylation sites is 1. The molecule has 1 saturated carbocycles. The van der Waals surface area contributed by atoms with E-state index in [1.807, 2.05) is 24.3 Å². The van der Waals surface area contributed by atoms with Crippen LogP contribution in [0.3, 0.4) is 0 Å². The fourth-order valence-corrected chi connectivity index (χ4v) is 2.96. The first-order valence-corrected chi connectivity index (χ1v) is 7.72. The Kier molecular flexibility index (Phi) is 5.41. The van der Waals surface area contributed by atoms with E-state index in [4.69, 9.17) is 5.11 Å². The SMILES string of the molecule is CCC1(C(=O)Nc2ccccc2C#CCCO)CCCC1. The summed E-state index contributed by atoms with van der Waals surface area (Å²) in [4.78, 5) is 12.7. The summed E-state index contributed by atoms with van der Waals surface area (Å²) < 4.78 is 0. The molecule has 0 aliphatic heterocycles. The summed E-state index contributed by atoms with van der Waals surface area (Å²) in [6.07, 6.45) is 5.57. The average Bonchev–Trinajstić information content (AvgIpc) is 2.99. The Hall–Kier alpha value is -1.79. The Morgan fingerprint density at radius 2 is 2.05 bits per heavy atom. The third kappa shape index (κ3) is 3.65. The highest BCUT2D eigenvalue weighted by atomic mass is 16.2. The van der Waals surface area contributed by atoms with Gasteiger partial charge in [0, 0.05) is 17.4 Å². The number of carbonyl (C=O) groups is 1. The van der Waals surface area contributed by atoms with Crippen LogP contribution in [0.25, 0.3) is 0 Å². The molecule has 3 heteroatoms. The van der Waals surface area contributed by atoms with Crippen molar-refractivity contribution >= 4 is 11.6 Å². The summed E-state index contributed by atoms with van der Waals surface area (Å²) in [5, 5.41) is 11.9. The van der Waals surface area contributed by atoms with Gasteiger partial charge in [0.1, 0.15) is 0 Å². The van der Waals surface area contributed by atoms with Crippen molar-refractivity contribution in [3.05, 3.63) is 29.8 Å². The quantitative estimate of drug-likeness (QED) is 0.834. The molecule has 1 aliphatic carbocycles. The Balaban J connectivity index is 2.16. The van der Waals surface area contributed by atoms with Gasteiger partial charge in [-0.2, -0.15) is 0 Å². The number of benzene rings is 1. The largest absolute Gasteiger partial charge is 0.395 e. The Morgan fingerprint density at radius 3 is 2.71 bits per heavy atom. The fourth-order valence-electron chi connectivity index (χ4n) is 2.96. The monoisotopic (exact) mass is 285 g/mol. The van der Waals surface area contributed by atoms with Crippen LogP contribution in [0.2, 0.25) is 0 Å². The maximum absolute atomic E-state index is 12.7. The van der Waals surface area contributed by atoms with Crippen molar-refractivity contribution < 1.29 is 9.90 Å². The highest BCUT2D eigenvalue weighted by molar-refractivity contribution is 5.96. The molecule has 0 unspecified atom stereocenters. The van der Waals surface area contributed by atoms with E-state index in [9.17, 15) is 4.79 Å². The van der Waals surface area contributed by atoms with E-state index < -0.39 is 0 Å². The van der Waals surface area contributed by atoms with Gasteiger partial charge in [-0.05, 0) is 31.4 Å². The lowest BCUT2D eigenvalue weighted by Gasteiger charge is -2.26. The molecule has 1 amide bonds. The zero-order valence-electron chi connectivity index (χ0n) is 12.6. The number of aliphatic hydroxyl groups is 1. The van der Waals surface area contributed by atoms with Crippen molar-refractivity contribution in [3.8, 4) is 11.8 Å². The van der Waals surface area contributed by atoms with Gasteiger partial charge >= 0.3 is 0 Å².